The lowest BCUT2D eigenvalue weighted by Crippen LogP contribution is -2.44. The van der Waals surface area contributed by atoms with E-state index in [0.29, 0.717) is 11.5 Å². The molecule has 1 spiro atoms. The predicted molar refractivity (Wildman–Crippen MR) is 63.3 cm³/mol. The van der Waals surface area contributed by atoms with E-state index >= 15 is 0 Å². The van der Waals surface area contributed by atoms with Crippen molar-refractivity contribution < 1.29 is 4.79 Å². The Morgan fingerprint density at radius 3 is 2.50 bits per heavy atom. The van der Waals surface area contributed by atoms with Crippen LogP contribution in [0, 0.1) is 5.41 Å². The summed E-state index contributed by atoms with van der Waals surface area (Å²) < 4.78 is 0. The number of hydrogen-bond acceptors (Lipinski definition) is 1. The van der Waals surface area contributed by atoms with E-state index in [-0.39, 0.29) is 6.03 Å². The van der Waals surface area contributed by atoms with Gasteiger partial charge in [-0.2, -0.15) is 0 Å². The molecule has 2 amide bonds. The molecule has 90 valence electrons. The minimum atomic E-state index is 0.204. The Morgan fingerprint density at radius 2 is 1.88 bits per heavy atom. The van der Waals surface area contributed by atoms with Gasteiger partial charge in [0.1, 0.15) is 0 Å². The normalized spacial score (nSPS) is 28.4. The first-order chi connectivity index (χ1) is 7.77. The number of urea groups is 1. The Kier molecular flexibility index (Phi) is 2.56. The van der Waals surface area contributed by atoms with Crippen LogP contribution in [0.15, 0.2) is 0 Å². The largest absolute Gasteiger partial charge is 0.335 e. The van der Waals surface area contributed by atoms with Gasteiger partial charge in [-0.25, -0.2) is 4.79 Å². The molecule has 0 aromatic heterocycles. The first-order valence-corrected chi connectivity index (χ1v) is 6.83. The smallest absolute Gasteiger partial charge is 0.317 e. The van der Waals surface area contributed by atoms with Crippen LogP contribution in [0.25, 0.3) is 0 Å². The van der Waals surface area contributed by atoms with Crippen LogP contribution in [0.1, 0.15) is 51.4 Å². The topological polar surface area (TPSA) is 32.3 Å². The molecule has 3 fully saturated rings. The highest BCUT2D eigenvalue weighted by Gasteiger charge is 2.48. The van der Waals surface area contributed by atoms with Gasteiger partial charge in [-0.05, 0) is 37.5 Å². The number of carbonyl (C=O) groups is 1. The molecule has 1 aliphatic heterocycles. The minimum Gasteiger partial charge on any atom is -0.335 e. The van der Waals surface area contributed by atoms with Gasteiger partial charge in [-0.3, -0.25) is 0 Å². The third-order valence-corrected chi connectivity index (χ3v) is 4.62. The SMILES string of the molecule is O=C(NC1CCCCC1)N1CCC2(CC2)C1. The fourth-order valence-electron chi connectivity index (χ4n) is 3.21. The van der Waals surface area contributed by atoms with E-state index in [1.54, 1.807) is 0 Å². The lowest BCUT2D eigenvalue weighted by molar-refractivity contribution is 0.198. The molecular formula is C13H22N2O. The third kappa shape index (κ3) is 2.04. The molecular weight excluding hydrogens is 200 g/mol. The molecule has 0 radical (unpaired) electrons. The zero-order valence-electron chi connectivity index (χ0n) is 10.0. The monoisotopic (exact) mass is 222 g/mol. The van der Waals surface area contributed by atoms with Crippen molar-refractivity contribution >= 4 is 6.03 Å². The maximum absolute atomic E-state index is 12.0. The van der Waals surface area contributed by atoms with E-state index in [0.717, 1.165) is 13.1 Å². The van der Waals surface area contributed by atoms with Gasteiger partial charge in [0.25, 0.3) is 0 Å². The van der Waals surface area contributed by atoms with Gasteiger partial charge in [0.05, 0.1) is 0 Å². The number of rotatable bonds is 1. The number of carbonyl (C=O) groups excluding carboxylic acids is 1. The van der Waals surface area contributed by atoms with Crippen molar-refractivity contribution in [3.63, 3.8) is 0 Å². The molecule has 1 heterocycles. The van der Waals surface area contributed by atoms with Crippen LogP contribution in [0.4, 0.5) is 4.79 Å². The maximum atomic E-state index is 12.0. The van der Waals surface area contributed by atoms with Crippen molar-refractivity contribution in [1.82, 2.24) is 10.2 Å². The summed E-state index contributed by atoms with van der Waals surface area (Å²) in [5, 5.41) is 3.21. The number of amides is 2. The van der Waals surface area contributed by atoms with Crippen LogP contribution in [0.2, 0.25) is 0 Å². The first-order valence-electron chi connectivity index (χ1n) is 6.83. The van der Waals surface area contributed by atoms with E-state index in [1.165, 1.54) is 51.4 Å². The zero-order valence-corrected chi connectivity index (χ0v) is 10.0. The maximum Gasteiger partial charge on any atom is 0.317 e. The van der Waals surface area contributed by atoms with E-state index in [4.69, 9.17) is 0 Å². The van der Waals surface area contributed by atoms with E-state index in [9.17, 15) is 4.79 Å². The molecule has 2 aliphatic carbocycles. The van der Waals surface area contributed by atoms with Crippen molar-refractivity contribution in [1.29, 1.82) is 0 Å². The molecule has 3 rings (SSSR count). The molecule has 0 aromatic carbocycles. The fraction of sp³-hybridized carbons (Fsp3) is 0.923. The Hall–Kier alpha value is -0.730. The second kappa shape index (κ2) is 3.94. The molecule has 3 nitrogen and oxygen atoms in total. The summed E-state index contributed by atoms with van der Waals surface area (Å²) in [6, 6.07) is 0.660. The second-order valence-electron chi connectivity index (χ2n) is 5.96. The molecule has 0 bridgehead atoms. The van der Waals surface area contributed by atoms with Gasteiger partial charge in [0.15, 0.2) is 0 Å². The number of nitrogens with zero attached hydrogens (tertiary/aromatic N) is 1. The van der Waals surface area contributed by atoms with E-state index < -0.39 is 0 Å². The van der Waals surface area contributed by atoms with Crippen molar-refractivity contribution in [3.05, 3.63) is 0 Å². The van der Waals surface area contributed by atoms with Gasteiger partial charge in [0, 0.05) is 19.1 Å². The minimum absolute atomic E-state index is 0.204. The molecule has 3 aliphatic rings. The summed E-state index contributed by atoms with van der Waals surface area (Å²) in [5.74, 6) is 0. The second-order valence-corrected chi connectivity index (χ2v) is 5.96. The van der Waals surface area contributed by atoms with Gasteiger partial charge in [-0.15, -0.1) is 0 Å². The Labute approximate surface area is 97.6 Å². The average Bonchev–Trinajstić information content (AvgIpc) is 2.90. The van der Waals surface area contributed by atoms with Crippen LogP contribution in [0.3, 0.4) is 0 Å². The fourth-order valence-corrected chi connectivity index (χ4v) is 3.21. The predicted octanol–water partition coefficient (Wildman–Crippen LogP) is 2.51. The van der Waals surface area contributed by atoms with Crippen molar-refractivity contribution in [3.8, 4) is 0 Å². The molecule has 1 N–H and O–H groups in total. The highest BCUT2D eigenvalue weighted by molar-refractivity contribution is 5.75. The number of nitrogens with one attached hydrogen (secondary N) is 1. The molecule has 16 heavy (non-hydrogen) atoms. The lowest BCUT2D eigenvalue weighted by atomic mass is 9.96. The summed E-state index contributed by atoms with van der Waals surface area (Å²) in [5.41, 5.74) is 0.559. The lowest BCUT2D eigenvalue weighted by Gasteiger charge is -2.26. The molecule has 0 aromatic rings. The summed E-state index contributed by atoms with van der Waals surface area (Å²) in [6.45, 7) is 2.00. The van der Waals surface area contributed by atoms with Crippen molar-refractivity contribution in [2.45, 2.75) is 57.4 Å². The Bertz CT molecular complexity index is 280. The molecule has 3 heteroatoms. The van der Waals surface area contributed by atoms with Crippen LogP contribution >= 0.6 is 0 Å². The van der Waals surface area contributed by atoms with Crippen LogP contribution in [0.5, 0.6) is 0 Å². The van der Waals surface area contributed by atoms with Gasteiger partial charge < -0.3 is 10.2 Å². The summed E-state index contributed by atoms with van der Waals surface area (Å²) in [6.07, 6.45) is 10.2. The van der Waals surface area contributed by atoms with Crippen molar-refractivity contribution in [2.24, 2.45) is 5.41 Å². The number of hydrogen-bond donors (Lipinski definition) is 1. The summed E-state index contributed by atoms with van der Waals surface area (Å²) >= 11 is 0. The van der Waals surface area contributed by atoms with Gasteiger partial charge in [-0.1, -0.05) is 19.3 Å². The van der Waals surface area contributed by atoms with Crippen LogP contribution in [-0.4, -0.2) is 30.1 Å². The molecule has 0 unspecified atom stereocenters. The summed E-state index contributed by atoms with van der Waals surface area (Å²) in [4.78, 5) is 14.1. The molecule has 2 saturated carbocycles. The van der Waals surface area contributed by atoms with Crippen LogP contribution < -0.4 is 5.32 Å². The van der Waals surface area contributed by atoms with E-state index in [1.807, 2.05) is 4.90 Å². The van der Waals surface area contributed by atoms with Gasteiger partial charge in [0.2, 0.25) is 0 Å². The summed E-state index contributed by atoms with van der Waals surface area (Å²) in [7, 11) is 0. The number of likely N-dealkylation sites (tertiary alicyclic amines) is 1. The highest BCUT2D eigenvalue weighted by atomic mass is 16.2. The Balaban J connectivity index is 1.49. The quantitative estimate of drug-likeness (QED) is 0.726. The average molecular weight is 222 g/mol. The van der Waals surface area contributed by atoms with Gasteiger partial charge >= 0.3 is 6.03 Å². The Morgan fingerprint density at radius 1 is 1.12 bits per heavy atom. The molecule has 1 saturated heterocycles. The van der Waals surface area contributed by atoms with E-state index in [2.05, 4.69) is 5.32 Å². The highest BCUT2D eigenvalue weighted by Crippen LogP contribution is 2.52. The van der Waals surface area contributed by atoms with Crippen molar-refractivity contribution in [2.75, 3.05) is 13.1 Å². The standard InChI is InChI=1S/C13H22N2O/c16-12(14-11-4-2-1-3-5-11)15-9-8-13(10-15)6-7-13/h11H,1-10H2,(H,14,16). The first kappa shape index (κ1) is 10.4. The third-order valence-electron chi connectivity index (χ3n) is 4.62. The zero-order chi connectivity index (χ0) is 11.0. The van der Waals surface area contributed by atoms with Crippen LogP contribution in [-0.2, 0) is 0 Å². The molecule has 0 atom stereocenters.